The second kappa shape index (κ2) is 8.41. The molecule has 7 heteroatoms. The summed E-state index contributed by atoms with van der Waals surface area (Å²) >= 11 is 3.44. The van der Waals surface area contributed by atoms with Gasteiger partial charge in [0.05, 0.1) is 12.7 Å². The maximum absolute atomic E-state index is 13.0. The predicted molar refractivity (Wildman–Crippen MR) is 122 cm³/mol. The average molecular weight is 485 g/mol. The summed E-state index contributed by atoms with van der Waals surface area (Å²) in [5, 5.41) is 10.3. The maximum Gasteiger partial charge on any atom is 0.227 e. The van der Waals surface area contributed by atoms with Gasteiger partial charge in [0.15, 0.2) is 0 Å². The molecule has 31 heavy (non-hydrogen) atoms. The van der Waals surface area contributed by atoms with Gasteiger partial charge < -0.3 is 10.6 Å². The number of nitrogens with zero attached hydrogens (tertiary/aromatic N) is 2. The molecule has 4 aliphatic carbocycles. The maximum atomic E-state index is 13.0. The van der Waals surface area contributed by atoms with Crippen molar-refractivity contribution in [2.45, 2.75) is 51.5 Å². The molecule has 0 aliphatic heterocycles. The van der Waals surface area contributed by atoms with Crippen molar-refractivity contribution >= 4 is 33.6 Å². The van der Waals surface area contributed by atoms with Crippen molar-refractivity contribution in [3.63, 3.8) is 0 Å². The third-order valence-corrected chi connectivity index (χ3v) is 7.92. The quantitative estimate of drug-likeness (QED) is 0.612. The van der Waals surface area contributed by atoms with E-state index in [0.29, 0.717) is 18.9 Å². The van der Waals surface area contributed by atoms with Gasteiger partial charge in [0.1, 0.15) is 5.82 Å². The van der Waals surface area contributed by atoms with Gasteiger partial charge in [0, 0.05) is 28.9 Å². The Bertz CT molecular complexity index is 933. The molecule has 4 aliphatic rings. The van der Waals surface area contributed by atoms with Crippen molar-refractivity contribution in [2.24, 2.45) is 23.2 Å². The van der Waals surface area contributed by atoms with E-state index in [4.69, 9.17) is 0 Å². The van der Waals surface area contributed by atoms with E-state index in [1.165, 1.54) is 19.3 Å². The number of carbonyl (C=O) groups excluding carboxylic acids is 2. The summed E-state index contributed by atoms with van der Waals surface area (Å²) in [7, 11) is 0. The molecular weight excluding hydrogens is 456 g/mol. The van der Waals surface area contributed by atoms with E-state index < -0.39 is 0 Å². The molecule has 6 nitrogen and oxygen atoms in total. The second-order valence-electron chi connectivity index (χ2n) is 9.75. The van der Waals surface area contributed by atoms with E-state index in [0.717, 1.165) is 47.1 Å². The number of halogens is 1. The van der Waals surface area contributed by atoms with Gasteiger partial charge in [0.25, 0.3) is 0 Å². The Hall–Kier alpha value is -2.15. The first-order chi connectivity index (χ1) is 15.0. The molecule has 164 valence electrons. The fourth-order valence-electron chi connectivity index (χ4n) is 6.40. The number of rotatable bonds is 7. The van der Waals surface area contributed by atoms with Crippen LogP contribution in [0.15, 0.2) is 41.0 Å². The lowest BCUT2D eigenvalue weighted by molar-refractivity contribution is -0.146. The average Bonchev–Trinajstić information content (AvgIpc) is 3.15. The van der Waals surface area contributed by atoms with Crippen molar-refractivity contribution in [1.29, 1.82) is 0 Å². The van der Waals surface area contributed by atoms with Gasteiger partial charge >= 0.3 is 0 Å². The van der Waals surface area contributed by atoms with Crippen molar-refractivity contribution < 1.29 is 9.59 Å². The Balaban J connectivity index is 1.12. The van der Waals surface area contributed by atoms with Gasteiger partial charge in [-0.3, -0.25) is 9.59 Å². The van der Waals surface area contributed by atoms with Gasteiger partial charge in [-0.05, 0) is 74.0 Å². The molecule has 4 bridgehead atoms. The Morgan fingerprint density at radius 1 is 1.03 bits per heavy atom. The lowest BCUT2D eigenvalue weighted by Crippen LogP contribution is -2.53. The summed E-state index contributed by atoms with van der Waals surface area (Å²) in [6.07, 6.45) is 9.06. The number of amides is 2. The van der Waals surface area contributed by atoms with Gasteiger partial charge in [-0.2, -0.15) is 5.10 Å². The van der Waals surface area contributed by atoms with Crippen LogP contribution in [0.1, 0.15) is 50.5 Å². The minimum atomic E-state index is -0.158. The first-order valence-corrected chi connectivity index (χ1v) is 12.1. The van der Waals surface area contributed by atoms with Crippen molar-refractivity contribution in [3.05, 3.63) is 46.6 Å². The lowest BCUT2D eigenvalue weighted by atomic mass is 9.49. The highest BCUT2D eigenvalue weighted by atomic mass is 79.9. The molecule has 1 aromatic heterocycles. The van der Waals surface area contributed by atoms with Crippen LogP contribution in [-0.2, 0) is 16.1 Å². The third kappa shape index (κ3) is 4.43. The highest BCUT2D eigenvalue weighted by Crippen LogP contribution is 2.60. The fraction of sp³-hybridized carbons (Fsp3) is 0.542. The molecule has 0 spiro atoms. The Morgan fingerprint density at radius 3 is 2.32 bits per heavy atom. The molecule has 6 rings (SSSR count). The summed E-state index contributed by atoms with van der Waals surface area (Å²) in [6.45, 7) is 0.964. The van der Waals surface area contributed by atoms with E-state index >= 15 is 0 Å². The van der Waals surface area contributed by atoms with Gasteiger partial charge in [-0.15, -0.1) is 0 Å². The second-order valence-corrected chi connectivity index (χ2v) is 10.7. The fourth-order valence-corrected chi connectivity index (χ4v) is 6.66. The summed E-state index contributed by atoms with van der Waals surface area (Å²) in [4.78, 5) is 25.5. The molecule has 2 amide bonds. The van der Waals surface area contributed by atoms with Crippen LogP contribution in [0.3, 0.4) is 0 Å². The molecule has 2 aromatic rings. The molecule has 0 atom stereocenters. The molecule has 0 radical (unpaired) electrons. The molecule has 1 aromatic carbocycles. The number of aromatic nitrogens is 2. The summed E-state index contributed by atoms with van der Waals surface area (Å²) in [5.41, 5.74) is 0.944. The van der Waals surface area contributed by atoms with Crippen molar-refractivity contribution in [2.75, 3.05) is 11.9 Å². The van der Waals surface area contributed by atoms with Crippen LogP contribution in [0.5, 0.6) is 0 Å². The predicted octanol–water partition coefficient (Wildman–Crippen LogP) is 4.36. The number of carbonyl (C=O) groups is 2. The monoisotopic (exact) mass is 484 g/mol. The Morgan fingerprint density at radius 2 is 1.68 bits per heavy atom. The standard InChI is InChI=1S/C24H29BrN4O2/c25-20-3-1-16(2-4-20)15-29-21(5-8-27-29)28-22(30)6-7-26-23(31)24-12-17-9-18(13-24)11-19(10-17)14-24/h1-5,8,17-19H,6-7,9-15H2,(H,26,31)(H,28,30). The number of nitrogens with one attached hydrogen (secondary N) is 2. The largest absolute Gasteiger partial charge is 0.355 e. The van der Waals surface area contributed by atoms with E-state index in [1.54, 1.807) is 16.9 Å². The summed E-state index contributed by atoms with van der Waals surface area (Å²) in [5.74, 6) is 2.97. The molecule has 0 unspecified atom stereocenters. The Labute approximate surface area is 191 Å². The van der Waals surface area contributed by atoms with Crippen molar-refractivity contribution in [1.82, 2.24) is 15.1 Å². The number of hydrogen-bond acceptors (Lipinski definition) is 3. The zero-order valence-corrected chi connectivity index (χ0v) is 19.2. The highest BCUT2D eigenvalue weighted by molar-refractivity contribution is 9.10. The molecule has 1 heterocycles. The molecule has 2 N–H and O–H groups in total. The van der Waals surface area contributed by atoms with Crippen LogP contribution in [-0.4, -0.2) is 28.1 Å². The highest BCUT2D eigenvalue weighted by Gasteiger charge is 2.54. The summed E-state index contributed by atoms with van der Waals surface area (Å²) in [6, 6.07) is 9.83. The molecule has 4 saturated carbocycles. The van der Waals surface area contributed by atoms with E-state index in [2.05, 4.69) is 31.7 Å². The molecule has 4 fully saturated rings. The topological polar surface area (TPSA) is 76.0 Å². The van der Waals surface area contributed by atoms with E-state index in [1.807, 2.05) is 24.3 Å². The van der Waals surface area contributed by atoms with Gasteiger partial charge in [-0.1, -0.05) is 28.1 Å². The van der Waals surface area contributed by atoms with E-state index in [9.17, 15) is 9.59 Å². The Kier molecular flexibility index (Phi) is 5.63. The normalized spacial score (nSPS) is 28.5. The zero-order chi connectivity index (χ0) is 21.4. The molecule has 0 saturated heterocycles. The van der Waals surface area contributed by atoms with Crippen LogP contribution in [0.25, 0.3) is 0 Å². The number of hydrogen-bond donors (Lipinski definition) is 2. The number of benzene rings is 1. The van der Waals surface area contributed by atoms with Crippen molar-refractivity contribution in [3.8, 4) is 0 Å². The van der Waals surface area contributed by atoms with Crippen LogP contribution < -0.4 is 10.6 Å². The van der Waals surface area contributed by atoms with Crippen LogP contribution in [0.2, 0.25) is 0 Å². The minimum Gasteiger partial charge on any atom is -0.355 e. The van der Waals surface area contributed by atoms with Gasteiger partial charge in [0.2, 0.25) is 11.8 Å². The first-order valence-electron chi connectivity index (χ1n) is 11.3. The SMILES string of the molecule is O=C(CCNC(=O)C12CC3CC(CC(C3)C1)C2)Nc1ccnn1Cc1ccc(Br)cc1. The zero-order valence-electron chi connectivity index (χ0n) is 17.6. The molecular formula is C24H29BrN4O2. The van der Waals surface area contributed by atoms with Crippen LogP contribution in [0.4, 0.5) is 5.82 Å². The lowest BCUT2D eigenvalue weighted by Gasteiger charge is -2.55. The smallest absolute Gasteiger partial charge is 0.227 e. The summed E-state index contributed by atoms with van der Waals surface area (Å²) < 4.78 is 2.80. The number of anilines is 1. The van der Waals surface area contributed by atoms with Crippen LogP contribution >= 0.6 is 15.9 Å². The van der Waals surface area contributed by atoms with Gasteiger partial charge in [-0.25, -0.2) is 4.68 Å². The van der Waals surface area contributed by atoms with Crippen LogP contribution in [0, 0.1) is 23.2 Å². The minimum absolute atomic E-state index is 0.108. The van der Waals surface area contributed by atoms with E-state index in [-0.39, 0.29) is 23.7 Å². The first kappa shape index (κ1) is 20.7. The third-order valence-electron chi connectivity index (χ3n) is 7.39.